The van der Waals surface area contributed by atoms with Gasteiger partial charge in [-0.05, 0) is 33.6 Å². The first kappa shape index (κ1) is 15.4. The van der Waals surface area contributed by atoms with Gasteiger partial charge in [0.15, 0.2) is 0 Å². The van der Waals surface area contributed by atoms with E-state index in [0.29, 0.717) is 18.1 Å². The molecule has 18 heavy (non-hydrogen) atoms. The summed E-state index contributed by atoms with van der Waals surface area (Å²) in [7, 11) is 0. The minimum atomic E-state index is -0.627. The van der Waals surface area contributed by atoms with E-state index in [1.54, 1.807) is 0 Å². The Kier molecular flexibility index (Phi) is 5.10. The highest BCUT2D eigenvalue weighted by Gasteiger charge is 2.44. The minimum Gasteiger partial charge on any atom is -0.392 e. The zero-order valence-corrected chi connectivity index (χ0v) is 12.4. The molecule has 4 nitrogen and oxygen atoms in total. The van der Waals surface area contributed by atoms with Crippen molar-refractivity contribution in [3.63, 3.8) is 0 Å². The number of nitrogens with one attached hydrogen (secondary N) is 1. The van der Waals surface area contributed by atoms with Crippen LogP contribution in [-0.2, 0) is 9.53 Å². The van der Waals surface area contributed by atoms with Gasteiger partial charge in [0.1, 0.15) is 0 Å². The van der Waals surface area contributed by atoms with Gasteiger partial charge >= 0.3 is 0 Å². The van der Waals surface area contributed by atoms with Gasteiger partial charge < -0.3 is 15.8 Å². The lowest BCUT2D eigenvalue weighted by Gasteiger charge is -2.30. The van der Waals surface area contributed by atoms with Crippen LogP contribution in [0.1, 0.15) is 46.5 Å². The number of carbonyl (C=O) groups excluding carboxylic acids is 1. The molecule has 1 amide bonds. The molecule has 0 heterocycles. The zero-order valence-electron chi connectivity index (χ0n) is 11.5. The van der Waals surface area contributed by atoms with E-state index in [2.05, 4.69) is 5.32 Å². The van der Waals surface area contributed by atoms with Crippen LogP contribution in [0, 0.1) is 5.41 Å². The van der Waals surface area contributed by atoms with Crippen LogP contribution in [0.2, 0.25) is 0 Å². The normalized spacial score (nSPS) is 18.6. The number of ether oxygens (including phenoxy) is 1. The van der Waals surface area contributed by atoms with Crippen molar-refractivity contribution in [2.75, 3.05) is 13.2 Å². The number of carbonyl (C=O) groups is 1. The summed E-state index contributed by atoms with van der Waals surface area (Å²) in [6.07, 6.45) is 3.56. The van der Waals surface area contributed by atoms with Gasteiger partial charge in [0, 0.05) is 13.2 Å². The first-order valence-corrected chi connectivity index (χ1v) is 6.97. The van der Waals surface area contributed by atoms with Crippen LogP contribution in [0.15, 0.2) is 0 Å². The molecule has 0 aromatic carbocycles. The summed E-state index contributed by atoms with van der Waals surface area (Å²) in [5.41, 5.74) is 4.78. The monoisotopic (exact) mass is 272 g/mol. The first-order valence-electron chi connectivity index (χ1n) is 6.56. The van der Waals surface area contributed by atoms with Gasteiger partial charge in [0.05, 0.1) is 16.0 Å². The van der Waals surface area contributed by atoms with Crippen LogP contribution in [0.3, 0.4) is 0 Å². The first-order chi connectivity index (χ1) is 8.34. The van der Waals surface area contributed by atoms with E-state index in [-0.39, 0.29) is 11.5 Å². The van der Waals surface area contributed by atoms with Crippen molar-refractivity contribution in [3.05, 3.63) is 0 Å². The van der Waals surface area contributed by atoms with Crippen molar-refractivity contribution >= 4 is 23.1 Å². The molecule has 0 unspecified atom stereocenters. The summed E-state index contributed by atoms with van der Waals surface area (Å²) in [6, 6.07) is 0. The second kappa shape index (κ2) is 5.97. The van der Waals surface area contributed by atoms with Gasteiger partial charge in [-0.25, -0.2) is 0 Å². The molecule has 0 spiro atoms. The quantitative estimate of drug-likeness (QED) is 0.723. The fourth-order valence-corrected chi connectivity index (χ4v) is 2.76. The van der Waals surface area contributed by atoms with E-state index < -0.39 is 5.41 Å². The Bertz CT molecular complexity index is 323. The molecule has 0 atom stereocenters. The molecule has 1 rings (SSSR count). The van der Waals surface area contributed by atoms with E-state index in [1.165, 1.54) is 0 Å². The summed E-state index contributed by atoms with van der Waals surface area (Å²) >= 11 is 5.09. The number of hydrogen-bond acceptors (Lipinski definition) is 3. The highest BCUT2D eigenvalue weighted by Crippen LogP contribution is 2.38. The van der Waals surface area contributed by atoms with Crippen LogP contribution < -0.4 is 11.1 Å². The molecule has 1 saturated carbocycles. The topological polar surface area (TPSA) is 64.3 Å². The minimum absolute atomic E-state index is 0.0414. The zero-order chi connectivity index (χ0) is 13.8. The maximum Gasteiger partial charge on any atom is 0.233 e. The Morgan fingerprint density at radius 3 is 2.44 bits per heavy atom. The van der Waals surface area contributed by atoms with Crippen LogP contribution in [0.4, 0.5) is 0 Å². The van der Waals surface area contributed by atoms with E-state index >= 15 is 0 Å². The molecule has 0 aromatic heterocycles. The summed E-state index contributed by atoms with van der Waals surface area (Å²) in [5, 5.41) is 2.94. The van der Waals surface area contributed by atoms with Crippen molar-refractivity contribution in [1.29, 1.82) is 0 Å². The van der Waals surface area contributed by atoms with Crippen molar-refractivity contribution < 1.29 is 9.53 Å². The van der Waals surface area contributed by atoms with Crippen molar-refractivity contribution in [1.82, 2.24) is 5.32 Å². The molecule has 0 aliphatic heterocycles. The van der Waals surface area contributed by atoms with E-state index in [1.807, 2.05) is 20.8 Å². The number of nitrogens with two attached hydrogens (primary N) is 1. The van der Waals surface area contributed by atoms with Gasteiger partial charge in [0.2, 0.25) is 5.91 Å². The van der Waals surface area contributed by atoms with E-state index in [4.69, 9.17) is 22.7 Å². The number of amides is 1. The van der Waals surface area contributed by atoms with Crippen molar-refractivity contribution in [2.24, 2.45) is 11.1 Å². The largest absolute Gasteiger partial charge is 0.392 e. The molecule has 0 radical (unpaired) electrons. The van der Waals surface area contributed by atoms with Crippen molar-refractivity contribution in [2.45, 2.75) is 52.1 Å². The lowest BCUT2D eigenvalue weighted by atomic mass is 9.85. The lowest BCUT2D eigenvalue weighted by Crippen LogP contribution is -2.50. The number of thiocarbonyl (C=S) groups is 1. The Morgan fingerprint density at radius 2 is 2.00 bits per heavy atom. The van der Waals surface area contributed by atoms with E-state index in [0.717, 1.165) is 25.7 Å². The molecule has 1 fully saturated rings. The lowest BCUT2D eigenvalue weighted by molar-refractivity contribution is -0.128. The fraction of sp³-hybridized carbons (Fsp3) is 0.846. The van der Waals surface area contributed by atoms with Gasteiger partial charge in [-0.1, -0.05) is 25.1 Å². The van der Waals surface area contributed by atoms with Gasteiger partial charge in [0.25, 0.3) is 0 Å². The third-order valence-corrected chi connectivity index (χ3v) is 3.96. The molecule has 1 aliphatic rings. The third-order valence-electron chi connectivity index (χ3n) is 3.57. The van der Waals surface area contributed by atoms with Crippen molar-refractivity contribution in [3.8, 4) is 0 Å². The van der Waals surface area contributed by atoms with Crippen LogP contribution in [0.5, 0.6) is 0 Å². The maximum atomic E-state index is 12.3. The smallest absolute Gasteiger partial charge is 0.233 e. The number of hydrogen-bond donors (Lipinski definition) is 2. The second-order valence-corrected chi connectivity index (χ2v) is 5.97. The standard InChI is InChI=1S/C13H24N2O2S/c1-4-17-12(2,3)9-15-11(16)13(10(14)18)7-5-6-8-13/h4-9H2,1-3H3,(H2,14,18)(H,15,16). The van der Waals surface area contributed by atoms with Crippen LogP contribution >= 0.6 is 12.2 Å². The van der Waals surface area contributed by atoms with Gasteiger partial charge in [-0.15, -0.1) is 0 Å². The predicted molar refractivity (Wildman–Crippen MR) is 76.4 cm³/mol. The molecule has 0 bridgehead atoms. The molecule has 0 saturated heterocycles. The van der Waals surface area contributed by atoms with Crippen LogP contribution in [0.25, 0.3) is 0 Å². The summed E-state index contributed by atoms with van der Waals surface area (Å²) in [6.45, 7) is 6.96. The van der Waals surface area contributed by atoms with E-state index in [9.17, 15) is 4.79 Å². The molecule has 3 N–H and O–H groups in total. The summed E-state index contributed by atoms with van der Waals surface area (Å²) < 4.78 is 5.56. The average molecular weight is 272 g/mol. The van der Waals surface area contributed by atoms with Crippen LogP contribution in [-0.4, -0.2) is 29.6 Å². The molecular formula is C13H24N2O2S. The third kappa shape index (κ3) is 3.42. The maximum absolute atomic E-state index is 12.3. The molecule has 5 heteroatoms. The Hall–Kier alpha value is -0.680. The second-order valence-electron chi connectivity index (χ2n) is 5.53. The predicted octanol–water partition coefficient (Wildman–Crippen LogP) is 1.76. The highest BCUT2D eigenvalue weighted by molar-refractivity contribution is 7.80. The Balaban J connectivity index is 2.61. The summed E-state index contributed by atoms with van der Waals surface area (Å²) in [4.78, 5) is 12.7. The molecule has 104 valence electrons. The SMILES string of the molecule is CCOC(C)(C)CNC(=O)C1(C(N)=S)CCCC1. The van der Waals surface area contributed by atoms with Gasteiger partial charge in [-0.3, -0.25) is 4.79 Å². The summed E-state index contributed by atoms with van der Waals surface area (Å²) in [5.74, 6) is -0.0414. The van der Waals surface area contributed by atoms with Gasteiger partial charge in [-0.2, -0.15) is 0 Å². The molecule has 1 aliphatic carbocycles. The molecular weight excluding hydrogens is 248 g/mol. The Labute approximate surface area is 115 Å². The fourth-order valence-electron chi connectivity index (χ4n) is 2.47. The molecule has 0 aromatic rings. The number of rotatable bonds is 6. The Morgan fingerprint density at radius 1 is 1.44 bits per heavy atom. The highest BCUT2D eigenvalue weighted by atomic mass is 32.1. The average Bonchev–Trinajstić information content (AvgIpc) is 2.76.